The van der Waals surface area contributed by atoms with Crippen molar-refractivity contribution in [3.63, 3.8) is 0 Å². The molecule has 1 aromatic carbocycles. The van der Waals surface area contributed by atoms with Gasteiger partial charge in [-0.2, -0.15) is 0 Å². The molecule has 2 amide bonds. The lowest BCUT2D eigenvalue weighted by atomic mass is 10.3. The molecule has 1 unspecified atom stereocenters. The van der Waals surface area contributed by atoms with E-state index in [1.165, 1.54) is 7.05 Å². The van der Waals surface area contributed by atoms with E-state index in [1.807, 2.05) is 0 Å². The molecular formula is C11H15N3O3S. The van der Waals surface area contributed by atoms with E-state index in [4.69, 9.17) is 5.73 Å². The maximum atomic E-state index is 11.6. The number of nitrogens with two attached hydrogens (primary N) is 1. The Morgan fingerprint density at radius 1 is 1.22 bits per heavy atom. The fourth-order valence-electron chi connectivity index (χ4n) is 1.21. The molecule has 1 aromatic rings. The molecule has 0 radical (unpaired) electrons. The van der Waals surface area contributed by atoms with Gasteiger partial charge in [-0.25, -0.2) is 0 Å². The van der Waals surface area contributed by atoms with E-state index >= 15 is 0 Å². The molecular weight excluding hydrogens is 254 g/mol. The average Bonchev–Trinajstić information content (AvgIpc) is 2.31. The highest BCUT2D eigenvalue weighted by Crippen LogP contribution is 2.16. The molecule has 0 heterocycles. The molecule has 0 aromatic heterocycles. The molecule has 0 spiro atoms. The van der Waals surface area contributed by atoms with E-state index in [2.05, 4.69) is 10.6 Å². The summed E-state index contributed by atoms with van der Waals surface area (Å²) in [7, 11) is -0.0766. The molecule has 18 heavy (non-hydrogen) atoms. The lowest BCUT2D eigenvalue weighted by Crippen LogP contribution is -2.28. The van der Waals surface area contributed by atoms with Crippen LogP contribution < -0.4 is 16.4 Å². The van der Waals surface area contributed by atoms with Gasteiger partial charge in [0.15, 0.2) is 0 Å². The Labute approximate surface area is 107 Å². The standard InChI is InChI=1S/C11H15N3O3S/c1-13-10(15)6-18(17)7-11(16)14-9-5-3-2-4-8(9)12/h2-5H,6-7,12H2,1H3,(H,13,15)(H,14,16). The summed E-state index contributed by atoms with van der Waals surface area (Å²) < 4.78 is 11.5. The third-order valence-corrected chi connectivity index (χ3v) is 3.27. The summed E-state index contributed by atoms with van der Waals surface area (Å²) in [5.74, 6) is -1.22. The Morgan fingerprint density at radius 2 is 1.83 bits per heavy atom. The number of anilines is 2. The fourth-order valence-corrected chi connectivity index (χ4v) is 2.12. The number of hydrogen-bond acceptors (Lipinski definition) is 4. The lowest BCUT2D eigenvalue weighted by Gasteiger charge is -2.07. The maximum absolute atomic E-state index is 11.6. The molecule has 0 aliphatic heterocycles. The van der Waals surface area contributed by atoms with E-state index in [9.17, 15) is 13.8 Å². The van der Waals surface area contributed by atoms with Gasteiger partial charge in [-0.15, -0.1) is 0 Å². The van der Waals surface area contributed by atoms with Crippen molar-refractivity contribution in [1.29, 1.82) is 0 Å². The molecule has 0 saturated carbocycles. The van der Waals surface area contributed by atoms with Gasteiger partial charge in [0.25, 0.3) is 0 Å². The van der Waals surface area contributed by atoms with Gasteiger partial charge in [0.1, 0.15) is 11.5 Å². The number of carbonyl (C=O) groups excluding carboxylic acids is 2. The predicted octanol–water partition coefficient (Wildman–Crippen LogP) is -0.298. The number of amides is 2. The van der Waals surface area contributed by atoms with E-state index < -0.39 is 16.7 Å². The summed E-state index contributed by atoms with van der Waals surface area (Å²) in [6.07, 6.45) is 0. The molecule has 6 nitrogen and oxygen atoms in total. The quantitative estimate of drug-likeness (QED) is 0.639. The van der Waals surface area contributed by atoms with Gasteiger partial charge in [-0.3, -0.25) is 13.8 Å². The van der Waals surface area contributed by atoms with Crippen LogP contribution in [0.3, 0.4) is 0 Å². The Balaban J connectivity index is 2.50. The minimum atomic E-state index is -1.53. The molecule has 0 saturated heterocycles. The average molecular weight is 269 g/mol. The van der Waals surface area contributed by atoms with Crippen molar-refractivity contribution in [3.05, 3.63) is 24.3 Å². The van der Waals surface area contributed by atoms with E-state index in [1.54, 1.807) is 24.3 Å². The third kappa shape index (κ3) is 4.54. The first-order valence-corrected chi connectivity index (χ1v) is 6.71. The van der Waals surface area contributed by atoms with Crippen LogP contribution in [0.5, 0.6) is 0 Å². The highest BCUT2D eigenvalue weighted by Gasteiger charge is 2.12. The first-order chi connectivity index (χ1) is 8.52. The van der Waals surface area contributed by atoms with Crippen LogP contribution in [0.25, 0.3) is 0 Å². The molecule has 0 bridgehead atoms. The zero-order chi connectivity index (χ0) is 13.5. The van der Waals surface area contributed by atoms with Crippen LogP contribution in [0.1, 0.15) is 0 Å². The van der Waals surface area contributed by atoms with Crippen molar-refractivity contribution in [3.8, 4) is 0 Å². The van der Waals surface area contributed by atoms with Crippen LogP contribution in [0, 0.1) is 0 Å². The predicted molar refractivity (Wildman–Crippen MR) is 71.4 cm³/mol. The minimum Gasteiger partial charge on any atom is -0.397 e. The van der Waals surface area contributed by atoms with Gasteiger partial charge in [-0.1, -0.05) is 12.1 Å². The molecule has 4 N–H and O–H groups in total. The van der Waals surface area contributed by atoms with Crippen molar-refractivity contribution in [2.45, 2.75) is 0 Å². The number of rotatable bonds is 5. The Hall–Kier alpha value is -1.89. The Kier molecular flexibility index (Phi) is 5.31. The molecule has 98 valence electrons. The Bertz CT molecular complexity index is 476. The fraction of sp³-hybridized carbons (Fsp3) is 0.273. The van der Waals surface area contributed by atoms with Crippen molar-refractivity contribution in [2.75, 3.05) is 29.6 Å². The van der Waals surface area contributed by atoms with Gasteiger partial charge >= 0.3 is 0 Å². The van der Waals surface area contributed by atoms with Crippen LogP contribution >= 0.6 is 0 Å². The number of carbonyl (C=O) groups is 2. The highest BCUT2D eigenvalue weighted by atomic mass is 32.2. The molecule has 0 aliphatic carbocycles. The summed E-state index contributed by atoms with van der Waals surface area (Å²) >= 11 is 0. The van der Waals surface area contributed by atoms with Crippen LogP contribution in [-0.2, 0) is 20.4 Å². The highest BCUT2D eigenvalue weighted by molar-refractivity contribution is 7.86. The molecule has 0 fully saturated rings. The lowest BCUT2D eigenvalue weighted by molar-refractivity contribution is -0.118. The van der Waals surface area contributed by atoms with Crippen LogP contribution in [0.4, 0.5) is 11.4 Å². The zero-order valence-electron chi connectivity index (χ0n) is 9.93. The van der Waals surface area contributed by atoms with E-state index in [0.717, 1.165) is 0 Å². The van der Waals surface area contributed by atoms with Gasteiger partial charge < -0.3 is 16.4 Å². The summed E-state index contributed by atoms with van der Waals surface area (Å²) in [4.78, 5) is 22.5. The third-order valence-electron chi connectivity index (χ3n) is 2.10. The van der Waals surface area contributed by atoms with Crippen LogP contribution in [0.2, 0.25) is 0 Å². The largest absolute Gasteiger partial charge is 0.397 e. The normalized spacial score (nSPS) is 11.6. The Morgan fingerprint density at radius 3 is 2.44 bits per heavy atom. The van der Waals surface area contributed by atoms with Crippen molar-refractivity contribution in [2.24, 2.45) is 0 Å². The SMILES string of the molecule is CNC(=O)CS(=O)CC(=O)Nc1ccccc1N. The summed E-state index contributed by atoms with van der Waals surface area (Å²) in [5, 5.41) is 4.89. The van der Waals surface area contributed by atoms with Gasteiger partial charge in [-0.05, 0) is 12.1 Å². The van der Waals surface area contributed by atoms with Crippen LogP contribution in [0.15, 0.2) is 24.3 Å². The summed E-state index contributed by atoms with van der Waals surface area (Å²) in [6.45, 7) is 0. The van der Waals surface area contributed by atoms with Crippen molar-refractivity contribution >= 4 is 34.0 Å². The number of hydrogen-bond donors (Lipinski definition) is 3. The number of benzene rings is 1. The van der Waals surface area contributed by atoms with E-state index in [-0.39, 0.29) is 17.4 Å². The van der Waals surface area contributed by atoms with Gasteiger partial charge in [0.2, 0.25) is 11.8 Å². The second kappa shape index (κ2) is 6.75. The monoisotopic (exact) mass is 269 g/mol. The first kappa shape index (κ1) is 14.2. The summed E-state index contributed by atoms with van der Waals surface area (Å²) in [6, 6.07) is 6.77. The number of nitrogens with one attached hydrogen (secondary N) is 2. The topological polar surface area (TPSA) is 101 Å². The molecule has 1 atom stereocenters. The summed E-state index contributed by atoms with van der Waals surface area (Å²) in [5.41, 5.74) is 6.55. The second-order valence-electron chi connectivity index (χ2n) is 3.54. The van der Waals surface area contributed by atoms with E-state index in [0.29, 0.717) is 11.4 Å². The van der Waals surface area contributed by atoms with Gasteiger partial charge in [0.05, 0.1) is 11.4 Å². The van der Waals surface area contributed by atoms with Crippen molar-refractivity contribution < 1.29 is 13.8 Å². The van der Waals surface area contributed by atoms with Crippen LogP contribution in [-0.4, -0.2) is 34.6 Å². The number of nitrogen functional groups attached to an aromatic ring is 1. The maximum Gasteiger partial charge on any atom is 0.237 e. The molecule has 7 heteroatoms. The van der Waals surface area contributed by atoms with Crippen molar-refractivity contribution in [1.82, 2.24) is 5.32 Å². The molecule has 1 rings (SSSR count). The second-order valence-corrected chi connectivity index (χ2v) is 4.99. The first-order valence-electron chi connectivity index (χ1n) is 5.23. The smallest absolute Gasteiger partial charge is 0.237 e. The number of para-hydroxylation sites is 2. The minimum absolute atomic E-state index is 0.186. The molecule has 0 aliphatic rings. The van der Waals surface area contributed by atoms with Gasteiger partial charge in [0, 0.05) is 17.8 Å². The zero-order valence-corrected chi connectivity index (χ0v) is 10.8.